The number of aromatic nitrogens is 1. The number of nitrogens with one attached hydrogen (secondary N) is 3. The number of carbonyl (C=O) groups excluding carboxylic acids is 2. The van der Waals surface area contributed by atoms with Crippen molar-refractivity contribution in [1.29, 1.82) is 0 Å². The normalized spacial score (nSPS) is 17.5. The Kier molecular flexibility index (Phi) is 7.18. The van der Waals surface area contributed by atoms with Crippen molar-refractivity contribution in [3.63, 3.8) is 0 Å². The molecule has 2 atom stereocenters. The van der Waals surface area contributed by atoms with Gasteiger partial charge >= 0.3 is 12.3 Å². The number of benzene rings is 2. The topological polar surface area (TPSA) is 162 Å². The van der Waals surface area contributed by atoms with Crippen LogP contribution in [0.4, 0.5) is 29.7 Å². The standard InChI is InChI=1S/C23H24F3N7O5S/c1-32(2)10-17(34)29-18(19(27)35)22(30-14-8-11(20(36)37)4-7-15(14)33(22)3)31-21-28-13-6-5-12(9-16(13)39-21)38-23(24,25)26/h4-9,18,30H,10H2,1-3H3,(H2,27,35)(H,28,31)(H,29,34)(H,36,37). The largest absolute Gasteiger partial charge is 0.573 e. The Morgan fingerprint density at radius 3 is 2.59 bits per heavy atom. The molecule has 2 heterocycles. The molecule has 0 bridgehead atoms. The highest BCUT2D eigenvalue weighted by molar-refractivity contribution is 7.22. The molecule has 39 heavy (non-hydrogen) atoms. The summed E-state index contributed by atoms with van der Waals surface area (Å²) in [7, 11) is 4.91. The number of alkyl halides is 3. The summed E-state index contributed by atoms with van der Waals surface area (Å²) < 4.78 is 42.4. The second kappa shape index (κ2) is 10.1. The van der Waals surface area contributed by atoms with Gasteiger partial charge in [0.1, 0.15) is 5.75 Å². The summed E-state index contributed by atoms with van der Waals surface area (Å²) in [5, 5.41) is 18.4. The number of anilines is 3. The molecule has 1 aromatic heterocycles. The van der Waals surface area contributed by atoms with Gasteiger partial charge in [-0.2, -0.15) is 0 Å². The van der Waals surface area contributed by atoms with E-state index in [0.29, 0.717) is 21.6 Å². The van der Waals surface area contributed by atoms with Gasteiger partial charge in [0.25, 0.3) is 0 Å². The Bertz CT molecular complexity index is 1450. The summed E-state index contributed by atoms with van der Waals surface area (Å²) >= 11 is 0.967. The first kappa shape index (κ1) is 27.7. The average molecular weight is 568 g/mol. The molecule has 2 aromatic carbocycles. The van der Waals surface area contributed by atoms with Crippen molar-refractivity contribution >= 4 is 55.8 Å². The Morgan fingerprint density at radius 1 is 1.26 bits per heavy atom. The van der Waals surface area contributed by atoms with Gasteiger partial charge in [-0.3, -0.25) is 9.59 Å². The first-order valence-electron chi connectivity index (χ1n) is 11.3. The van der Waals surface area contributed by atoms with Gasteiger partial charge in [0.15, 0.2) is 11.2 Å². The van der Waals surface area contributed by atoms with E-state index in [0.717, 1.165) is 17.4 Å². The lowest BCUT2D eigenvalue weighted by atomic mass is 10.1. The molecule has 0 fully saturated rings. The first-order valence-corrected chi connectivity index (χ1v) is 12.1. The lowest BCUT2D eigenvalue weighted by molar-refractivity contribution is -0.274. The van der Waals surface area contributed by atoms with Crippen LogP contribution in [-0.2, 0) is 9.59 Å². The Balaban J connectivity index is 1.78. The van der Waals surface area contributed by atoms with Crippen LogP contribution in [0.5, 0.6) is 5.75 Å². The molecule has 0 saturated heterocycles. The van der Waals surface area contributed by atoms with E-state index in [2.05, 4.69) is 25.7 Å². The van der Waals surface area contributed by atoms with E-state index >= 15 is 0 Å². The summed E-state index contributed by atoms with van der Waals surface area (Å²) in [6.07, 6.45) is -4.87. The van der Waals surface area contributed by atoms with Gasteiger partial charge in [0.2, 0.25) is 17.6 Å². The molecule has 2 amide bonds. The summed E-state index contributed by atoms with van der Waals surface area (Å²) in [5.41, 5.74) is 6.86. The van der Waals surface area contributed by atoms with Gasteiger partial charge in [-0.05, 0) is 44.4 Å². The van der Waals surface area contributed by atoms with Gasteiger partial charge in [0.05, 0.1) is 33.7 Å². The number of carboxylic acids is 1. The van der Waals surface area contributed by atoms with Crippen LogP contribution in [0.3, 0.4) is 0 Å². The number of rotatable bonds is 9. The fraction of sp³-hybridized carbons (Fsp3) is 0.304. The van der Waals surface area contributed by atoms with E-state index in [1.54, 1.807) is 30.9 Å². The Hall–Kier alpha value is -4.31. The second-order valence-corrected chi connectivity index (χ2v) is 9.98. The van der Waals surface area contributed by atoms with E-state index in [1.165, 1.54) is 30.3 Å². The third kappa shape index (κ3) is 5.75. The number of amides is 2. The predicted octanol–water partition coefficient (Wildman–Crippen LogP) is 2.05. The van der Waals surface area contributed by atoms with Crippen LogP contribution in [0.15, 0.2) is 36.4 Å². The fourth-order valence-electron chi connectivity index (χ4n) is 4.19. The summed E-state index contributed by atoms with van der Waals surface area (Å²) in [6.45, 7) is -0.0667. The minimum atomic E-state index is -4.87. The molecule has 1 aliphatic rings. The molecule has 3 aromatic rings. The van der Waals surface area contributed by atoms with Crippen molar-refractivity contribution < 1.29 is 37.4 Å². The van der Waals surface area contributed by atoms with Crippen molar-refractivity contribution in [3.8, 4) is 5.75 Å². The lowest BCUT2D eigenvalue weighted by Gasteiger charge is -2.42. The minimum absolute atomic E-state index is 0.0325. The minimum Gasteiger partial charge on any atom is -0.478 e. The molecule has 12 nitrogen and oxygen atoms in total. The summed E-state index contributed by atoms with van der Waals surface area (Å²) in [4.78, 5) is 44.6. The summed E-state index contributed by atoms with van der Waals surface area (Å²) in [6, 6.07) is 6.44. The van der Waals surface area contributed by atoms with Crippen LogP contribution in [0.2, 0.25) is 0 Å². The van der Waals surface area contributed by atoms with E-state index in [9.17, 15) is 32.7 Å². The van der Waals surface area contributed by atoms with Crippen molar-refractivity contribution in [2.24, 2.45) is 5.73 Å². The third-order valence-corrected chi connectivity index (χ3v) is 6.75. The number of ether oxygens (including phenoxy) is 1. The number of halogens is 3. The van der Waals surface area contributed by atoms with Crippen LogP contribution in [-0.4, -0.2) is 78.7 Å². The summed E-state index contributed by atoms with van der Waals surface area (Å²) in [5.74, 6) is -4.76. The number of likely N-dealkylation sites (N-methyl/N-ethyl adjacent to an activating group) is 2. The number of hydrogen-bond donors (Lipinski definition) is 5. The highest BCUT2D eigenvalue weighted by Crippen LogP contribution is 2.43. The Labute approximate surface area is 223 Å². The van der Waals surface area contributed by atoms with Crippen molar-refractivity contribution in [2.75, 3.05) is 43.2 Å². The number of hydrogen-bond acceptors (Lipinski definition) is 10. The number of nitrogens with two attached hydrogens (primary N) is 1. The number of carboxylic acid groups (broad SMARTS) is 1. The predicted molar refractivity (Wildman–Crippen MR) is 138 cm³/mol. The van der Waals surface area contributed by atoms with Gasteiger partial charge in [-0.15, -0.1) is 13.2 Å². The molecule has 6 N–H and O–H groups in total. The zero-order valence-electron chi connectivity index (χ0n) is 20.8. The van der Waals surface area contributed by atoms with Gasteiger partial charge < -0.3 is 41.3 Å². The zero-order valence-corrected chi connectivity index (χ0v) is 21.6. The highest BCUT2D eigenvalue weighted by atomic mass is 32.1. The molecule has 0 aliphatic carbocycles. The number of nitrogens with zero attached hydrogens (tertiary/aromatic N) is 3. The van der Waals surface area contributed by atoms with Crippen molar-refractivity contribution in [3.05, 3.63) is 42.0 Å². The number of thiazole rings is 1. The Morgan fingerprint density at radius 2 is 1.97 bits per heavy atom. The van der Waals surface area contributed by atoms with Crippen molar-refractivity contribution in [2.45, 2.75) is 18.2 Å². The maximum atomic E-state index is 12.8. The molecule has 0 saturated carbocycles. The van der Waals surface area contributed by atoms with Gasteiger partial charge in [-0.1, -0.05) is 11.3 Å². The van der Waals surface area contributed by atoms with Gasteiger partial charge in [0, 0.05) is 13.1 Å². The van der Waals surface area contributed by atoms with E-state index in [1.807, 2.05) is 0 Å². The zero-order chi connectivity index (χ0) is 28.7. The average Bonchev–Trinajstić information content (AvgIpc) is 3.33. The third-order valence-electron chi connectivity index (χ3n) is 5.82. The number of fused-ring (bicyclic) bond motifs is 2. The number of aromatic carboxylic acids is 1. The monoisotopic (exact) mass is 567 g/mol. The van der Waals surface area contributed by atoms with Crippen molar-refractivity contribution in [1.82, 2.24) is 15.2 Å². The smallest absolute Gasteiger partial charge is 0.478 e. The lowest BCUT2D eigenvalue weighted by Crippen LogP contribution is -2.72. The van der Waals surface area contributed by atoms with Crippen LogP contribution in [0.1, 0.15) is 10.4 Å². The van der Waals surface area contributed by atoms with Gasteiger partial charge in [-0.25, -0.2) is 9.78 Å². The highest BCUT2D eigenvalue weighted by Gasteiger charge is 2.52. The van der Waals surface area contributed by atoms with E-state index in [-0.39, 0.29) is 17.2 Å². The van der Waals surface area contributed by atoms with E-state index in [4.69, 9.17) is 5.73 Å². The molecule has 2 unspecified atom stereocenters. The van der Waals surface area contributed by atoms with Crippen LogP contribution in [0.25, 0.3) is 10.2 Å². The number of primary amides is 1. The maximum Gasteiger partial charge on any atom is 0.573 e. The van der Waals surface area contributed by atoms with Crippen LogP contribution in [0, 0.1) is 0 Å². The van der Waals surface area contributed by atoms with E-state index < -0.39 is 41.7 Å². The quantitative estimate of drug-likeness (QED) is 0.259. The molecular formula is C23H24F3N7O5S. The van der Waals surface area contributed by atoms with Crippen LogP contribution < -0.4 is 31.3 Å². The molecule has 0 spiro atoms. The molecular weight excluding hydrogens is 543 g/mol. The molecule has 1 aliphatic heterocycles. The molecule has 0 radical (unpaired) electrons. The first-order chi connectivity index (χ1) is 18.2. The maximum absolute atomic E-state index is 12.8. The number of carbonyl (C=O) groups is 3. The SMILES string of the molecule is CN(C)CC(=O)NC(C(N)=O)C1(Nc2nc3ccc(OC(F)(F)F)cc3s2)Nc2cc(C(=O)O)ccc2N1C. The molecule has 208 valence electrons. The molecule has 16 heteroatoms. The second-order valence-electron chi connectivity index (χ2n) is 8.95. The fourth-order valence-corrected chi connectivity index (χ4v) is 5.14. The van der Waals surface area contributed by atoms with Crippen LogP contribution >= 0.6 is 11.3 Å². The molecule has 4 rings (SSSR count).